The predicted molar refractivity (Wildman–Crippen MR) is 103 cm³/mol. The maximum absolute atomic E-state index is 13.5. The number of nitrogens with zero attached hydrogens (tertiary/aromatic N) is 1. The molecule has 0 heterocycles. The highest BCUT2D eigenvalue weighted by Gasteiger charge is 2.44. The number of hydrogen-bond donors (Lipinski definition) is 2. The molecule has 0 aromatic heterocycles. The fraction of sp³-hybridized carbons (Fsp3) is 0.381. The first-order valence-electron chi connectivity index (χ1n) is 8.93. The zero-order valence-electron chi connectivity index (χ0n) is 15.4. The van der Waals surface area contributed by atoms with Crippen molar-refractivity contribution in [2.45, 2.75) is 31.4 Å². The first kappa shape index (κ1) is 18.4. The molecule has 1 aliphatic rings. The molecule has 0 atom stereocenters. The second-order valence-electron chi connectivity index (χ2n) is 6.77. The lowest BCUT2D eigenvalue weighted by molar-refractivity contribution is 0.184. The van der Waals surface area contributed by atoms with E-state index in [1.165, 1.54) is 11.6 Å². The molecular weight excluding hydrogens is 329 g/mol. The zero-order chi connectivity index (χ0) is 18.4. The van der Waals surface area contributed by atoms with E-state index in [-0.39, 0.29) is 11.2 Å². The number of nitrogens with one attached hydrogen (secondary N) is 2. The van der Waals surface area contributed by atoms with E-state index in [1.807, 2.05) is 18.2 Å². The maximum Gasteiger partial charge on any atom is 0.191 e. The van der Waals surface area contributed by atoms with Crippen LogP contribution in [0.5, 0.6) is 0 Å². The molecule has 5 heteroatoms. The Kier molecular flexibility index (Phi) is 5.89. The third kappa shape index (κ3) is 4.41. The quantitative estimate of drug-likeness (QED) is 0.591. The van der Waals surface area contributed by atoms with Crippen molar-refractivity contribution < 1.29 is 9.13 Å². The van der Waals surface area contributed by atoms with E-state index in [0.717, 1.165) is 36.5 Å². The summed E-state index contributed by atoms with van der Waals surface area (Å²) in [5.74, 6) is 0.575. The van der Waals surface area contributed by atoms with Gasteiger partial charge in [0.2, 0.25) is 0 Å². The molecule has 1 aliphatic carbocycles. The molecule has 3 rings (SSSR count). The van der Waals surface area contributed by atoms with Crippen molar-refractivity contribution in [1.82, 2.24) is 10.6 Å². The molecule has 0 radical (unpaired) electrons. The monoisotopic (exact) mass is 355 g/mol. The summed E-state index contributed by atoms with van der Waals surface area (Å²) >= 11 is 0. The summed E-state index contributed by atoms with van der Waals surface area (Å²) in [7, 11) is 3.46. The largest absolute Gasteiger partial charge is 0.380 e. The van der Waals surface area contributed by atoms with Gasteiger partial charge in [0, 0.05) is 32.7 Å². The Balaban J connectivity index is 1.58. The molecule has 0 spiro atoms. The fourth-order valence-corrected chi connectivity index (χ4v) is 3.22. The van der Waals surface area contributed by atoms with Crippen molar-refractivity contribution in [3.05, 3.63) is 71.0 Å². The van der Waals surface area contributed by atoms with Gasteiger partial charge in [-0.15, -0.1) is 0 Å². The Hall–Kier alpha value is -2.40. The van der Waals surface area contributed by atoms with Gasteiger partial charge in [-0.1, -0.05) is 36.4 Å². The van der Waals surface area contributed by atoms with Crippen LogP contribution in [0, 0.1) is 5.82 Å². The molecular formula is C21H26FN3O. The highest BCUT2D eigenvalue weighted by Crippen LogP contribution is 2.47. The van der Waals surface area contributed by atoms with Gasteiger partial charge in [-0.3, -0.25) is 4.99 Å². The summed E-state index contributed by atoms with van der Waals surface area (Å²) in [4.78, 5) is 4.31. The van der Waals surface area contributed by atoms with Crippen LogP contribution < -0.4 is 10.6 Å². The number of aliphatic imine (C=N–C) groups is 1. The van der Waals surface area contributed by atoms with Crippen LogP contribution in [0.2, 0.25) is 0 Å². The predicted octanol–water partition coefficient (Wildman–Crippen LogP) is 3.37. The number of methoxy groups -OCH3 is 1. The SMILES string of the molecule is CN=C(NCc1ccccc1COC)NCC1(c2cccc(F)c2)CC1. The van der Waals surface area contributed by atoms with Crippen LogP contribution in [0.3, 0.4) is 0 Å². The van der Waals surface area contributed by atoms with E-state index in [9.17, 15) is 4.39 Å². The number of ether oxygens (including phenoxy) is 1. The van der Waals surface area contributed by atoms with Crippen LogP contribution in [-0.2, 0) is 23.3 Å². The van der Waals surface area contributed by atoms with E-state index in [0.29, 0.717) is 13.2 Å². The van der Waals surface area contributed by atoms with E-state index >= 15 is 0 Å². The molecule has 1 saturated carbocycles. The van der Waals surface area contributed by atoms with Gasteiger partial charge >= 0.3 is 0 Å². The molecule has 138 valence electrons. The lowest BCUT2D eigenvalue weighted by Gasteiger charge is -2.19. The Bertz CT molecular complexity index is 771. The first-order chi connectivity index (χ1) is 12.7. The summed E-state index contributed by atoms with van der Waals surface area (Å²) < 4.78 is 18.8. The Morgan fingerprint density at radius 3 is 2.54 bits per heavy atom. The van der Waals surface area contributed by atoms with Crippen molar-refractivity contribution >= 4 is 5.96 Å². The standard InChI is InChI=1S/C21H26FN3O/c1-23-20(24-13-16-6-3-4-7-17(16)14-26-2)25-15-21(10-11-21)18-8-5-9-19(22)12-18/h3-9,12H,10-11,13-15H2,1-2H3,(H2,23,24,25). The third-order valence-electron chi connectivity index (χ3n) is 4.97. The number of benzene rings is 2. The number of halogens is 1. The van der Waals surface area contributed by atoms with Gasteiger partial charge in [-0.2, -0.15) is 0 Å². The van der Waals surface area contributed by atoms with E-state index in [2.05, 4.69) is 27.8 Å². The summed E-state index contributed by atoms with van der Waals surface area (Å²) in [6, 6.07) is 15.1. The second-order valence-corrected chi connectivity index (χ2v) is 6.77. The highest BCUT2D eigenvalue weighted by molar-refractivity contribution is 5.79. The van der Waals surface area contributed by atoms with Crippen LogP contribution in [0.1, 0.15) is 29.5 Å². The Morgan fingerprint density at radius 2 is 1.88 bits per heavy atom. The maximum atomic E-state index is 13.5. The van der Waals surface area contributed by atoms with Crippen LogP contribution in [0.15, 0.2) is 53.5 Å². The van der Waals surface area contributed by atoms with Crippen molar-refractivity contribution in [1.29, 1.82) is 0 Å². The highest BCUT2D eigenvalue weighted by atomic mass is 19.1. The molecule has 0 unspecified atom stereocenters. The van der Waals surface area contributed by atoms with Gasteiger partial charge in [0.15, 0.2) is 5.96 Å². The summed E-state index contributed by atoms with van der Waals surface area (Å²) in [6.45, 7) is 2.01. The van der Waals surface area contributed by atoms with Gasteiger partial charge in [0.1, 0.15) is 5.82 Å². The summed E-state index contributed by atoms with van der Waals surface area (Å²) in [5, 5.41) is 6.75. The van der Waals surface area contributed by atoms with Crippen molar-refractivity contribution in [3.63, 3.8) is 0 Å². The number of guanidine groups is 1. The van der Waals surface area contributed by atoms with Crippen molar-refractivity contribution in [3.8, 4) is 0 Å². The Morgan fingerprint density at radius 1 is 1.12 bits per heavy atom. The summed E-state index contributed by atoms with van der Waals surface area (Å²) in [5.41, 5.74) is 3.43. The average molecular weight is 355 g/mol. The van der Waals surface area contributed by atoms with Gasteiger partial charge in [0.25, 0.3) is 0 Å². The molecule has 4 nitrogen and oxygen atoms in total. The van der Waals surface area contributed by atoms with Crippen molar-refractivity contribution in [2.24, 2.45) is 4.99 Å². The molecule has 2 aromatic rings. The minimum absolute atomic E-state index is 0.0215. The van der Waals surface area contributed by atoms with Gasteiger partial charge in [-0.05, 0) is 41.7 Å². The Labute approximate surface area is 154 Å². The molecule has 0 saturated heterocycles. The normalized spacial score (nSPS) is 15.6. The molecule has 2 N–H and O–H groups in total. The van der Waals surface area contributed by atoms with Gasteiger partial charge < -0.3 is 15.4 Å². The minimum Gasteiger partial charge on any atom is -0.380 e. The van der Waals surface area contributed by atoms with Crippen molar-refractivity contribution in [2.75, 3.05) is 20.7 Å². The molecule has 2 aromatic carbocycles. The molecule has 0 aliphatic heterocycles. The van der Waals surface area contributed by atoms with Crippen LogP contribution >= 0.6 is 0 Å². The fourth-order valence-electron chi connectivity index (χ4n) is 3.22. The lowest BCUT2D eigenvalue weighted by Crippen LogP contribution is -2.41. The molecule has 26 heavy (non-hydrogen) atoms. The summed E-state index contributed by atoms with van der Waals surface area (Å²) in [6.07, 6.45) is 2.13. The minimum atomic E-state index is -0.175. The topological polar surface area (TPSA) is 45.7 Å². The number of rotatable bonds is 7. The molecule has 1 fully saturated rings. The molecule has 0 bridgehead atoms. The van der Waals surface area contributed by atoms with Crippen LogP contribution in [0.4, 0.5) is 4.39 Å². The van der Waals surface area contributed by atoms with E-state index in [4.69, 9.17) is 4.74 Å². The van der Waals surface area contributed by atoms with E-state index in [1.54, 1.807) is 26.3 Å². The third-order valence-corrected chi connectivity index (χ3v) is 4.97. The van der Waals surface area contributed by atoms with Gasteiger partial charge in [0.05, 0.1) is 6.61 Å². The van der Waals surface area contributed by atoms with Crippen LogP contribution in [0.25, 0.3) is 0 Å². The van der Waals surface area contributed by atoms with E-state index < -0.39 is 0 Å². The lowest BCUT2D eigenvalue weighted by atomic mass is 9.96. The number of hydrogen-bond acceptors (Lipinski definition) is 2. The second kappa shape index (κ2) is 8.32. The van der Waals surface area contributed by atoms with Crippen LogP contribution in [-0.4, -0.2) is 26.7 Å². The smallest absolute Gasteiger partial charge is 0.191 e. The average Bonchev–Trinajstić information content (AvgIpc) is 3.44. The van der Waals surface area contributed by atoms with Gasteiger partial charge in [-0.25, -0.2) is 4.39 Å². The zero-order valence-corrected chi connectivity index (χ0v) is 15.4. The molecule has 0 amide bonds. The first-order valence-corrected chi connectivity index (χ1v) is 8.93.